The SMILES string of the molecule is CCOc1ccc(-c2[nH]c3ccc(OC)cc3c2CCNC(C)=O)cc1. The fraction of sp³-hybridized carbons (Fsp3) is 0.286. The molecule has 0 unspecified atom stereocenters. The molecule has 1 heterocycles. The second kappa shape index (κ2) is 7.95. The molecule has 1 amide bonds. The number of carbonyl (C=O) groups excluding carboxylic acids is 1. The summed E-state index contributed by atoms with van der Waals surface area (Å²) in [5.74, 6) is 1.65. The van der Waals surface area contributed by atoms with Crippen molar-refractivity contribution in [2.75, 3.05) is 20.3 Å². The van der Waals surface area contributed by atoms with Crippen LogP contribution in [0.2, 0.25) is 0 Å². The van der Waals surface area contributed by atoms with Gasteiger partial charge in [0.15, 0.2) is 0 Å². The Labute approximate surface area is 153 Å². The van der Waals surface area contributed by atoms with Crippen LogP contribution in [0.5, 0.6) is 11.5 Å². The largest absolute Gasteiger partial charge is 0.497 e. The molecule has 26 heavy (non-hydrogen) atoms. The van der Waals surface area contributed by atoms with E-state index in [1.165, 1.54) is 6.92 Å². The zero-order chi connectivity index (χ0) is 18.5. The summed E-state index contributed by atoms with van der Waals surface area (Å²) in [6, 6.07) is 14.0. The number of rotatable bonds is 7. The number of aromatic nitrogens is 1. The van der Waals surface area contributed by atoms with Gasteiger partial charge in [0.1, 0.15) is 11.5 Å². The third-order valence-corrected chi connectivity index (χ3v) is 4.32. The first-order valence-corrected chi connectivity index (χ1v) is 8.78. The van der Waals surface area contributed by atoms with Crippen molar-refractivity contribution >= 4 is 16.8 Å². The molecular formula is C21H24N2O3. The lowest BCUT2D eigenvalue weighted by Gasteiger charge is -2.08. The molecule has 0 bridgehead atoms. The lowest BCUT2D eigenvalue weighted by atomic mass is 10.0. The van der Waals surface area contributed by atoms with Gasteiger partial charge in [-0.3, -0.25) is 4.79 Å². The summed E-state index contributed by atoms with van der Waals surface area (Å²) in [7, 11) is 1.66. The Bertz CT molecular complexity index is 898. The number of carbonyl (C=O) groups is 1. The number of hydrogen-bond donors (Lipinski definition) is 2. The van der Waals surface area contributed by atoms with Gasteiger partial charge in [0, 0.05) is 30.1 Å². The molecule has 0 aliphatic carbocycles. The van der Waals surface area contributed by atoms with E-state index in [9.17, 15) is 4.79 Å². The first-order chi connectivity index (χ1) is 12.6. The molecule has 2 N–H and O–H groups in total. The van der Waals surface area contributed by atoms with Gasteiger partial charge in [-0.25, -0.2) is 0 Å². The Morgan fingerprint density at radius 2 is 1.85 bits per heavy atom. The molecule has 2 aromatic carbocycles. The van der Waals surface area contributed by atoms with Gasteiger partial charge in [0.25, 0.3) is 0 Å². The Hall–Kier alpha value is -2.95. The third kappa shape index (κ3) is 3.82. The minimum absolute atomic E-state index is 0.0231. The fourth-order valence-corrected chi connectivity index (χ4v) is 3.11. The molecular weight excluding hydrogens is 328 g/mol. The summed E-state index contributed by atoms with van der Waals surface area (Å²) < 4.78 is 10.9. The molecule has 0 aliphatic rings. The highest BCUT2D eigenvalue weighted by atomic mass is 16.5. The summed E-state index contributed by atoms with van der Waals surface area (Å²) in [5, 5.41) is 3.99. The smallest absolute Gasteiger partial charge is 0.216 e. The number of amides is 1. The number of nitrogens with one attached hydrogen (secondary N) is 2. The number of ether oxygens (including phenoxy) is 2. The predicted molar refractivity (Wildman–Crippen MR) is 104 cm³/mol. The van der Waals surface area contributed by atoms with E-state index in [0.717, 1.165) is 45.6 Å². The van der Waals surface area contributed by atoms with Gasteiger partial charge in [-0.1, -0.05) is 0 Å². The van der Waals surface area contributed by atoms with Crippen LogP contribution in [0.3, 0.4) is 0 Å². The van der Waals surface area contributed by atoms with Gasteiger partial charge in [-0.05, 0) is 66.9 Å². The standard InChI is InChI=1S/C21H24N2O3/c1-4-26-16-7-5-15(6-8-16)21-18(11-12-22-14(2)24)19-13-17(25-3)9-10-20(19)23-21/h5-10,13,23H,4,11-12H2,1-3H3,(H,22,24). The maximum absolute atomic E-state index is 11.2. The van der Waals surface area contributed by atoms with Crippen molar-refractivity contribution in [3.8, 4) is 22.8 Å². The molecule has 0 spiro atoms. The number of fused-ring (bicyclic) bond motifs is 1. The van der Waals surface area contributed by atoms with E-state index in [1.807, 2.05) is 37.3 Å². The van der Waals surface area contributed by atoms with Crippen LogP contribution in [-0.4, -0.2) is 31.2 Å². The van der Waals surface area contributed by atoms with Crippen molar-refractivity contribution < 1.29 is 14.3 Å². The first kappa shape index (κ1) is 17.9. The van der Waals surface area contributed by atoms with Gasteiger partial charge < -0.3 is 19.8 Å². The van der Waals surface area contributed by atoms with E-state index in [1.54, 1.807) is 7.11 Å². The van der Waals surface area contributed by atoms with Gasteiger partial charge >= 0.3 is 0 Å². The lowest BCUT2D eigenvalue weighted by molar-refractivity contribution is -0.118. The van der Waals surface area contributed by atoms with Crippen LogP contribution in [0.4, 0.5) is 0 Å². The average Bonchev–Trinajstić information content (AvgIpc) is 3.00. The zero-order valence-corrected chi connectivity index (χ0v) is 15.4. The van der Waals surface area contributed by atoms with E-state index < -0.39 is 0 Å². The number of aromatic amines is 1. The normalized spacial score (nSPS) is 10.7. The minimum Gasteiger partial charge on any atom is -0.497 e. The molecule has 0 fully saturated rings. The maximum atomic E-state index is 11.2. The van der Waals surface area contributed by atoms with Crippen molar-refractivity contribution in [2.24, 2.45) is 0 Å². The summed E-state index contributed by atoms with van der Waals surface area (Å²) in [6.45, 7) is 4.74. The summed E-state index contributed by atoms with van der Waals surface area (Å²) in [5.41, 5.74) is 4.35. The van der Waals surface area contributed by atoms with Crippen LogP contribution in [0.1, 0.15) is 19.4 Å². The molecule has 0 radical (unpaired) electrons. The number of hydrogen-bond acceptors (Lipinski definition) is 3. The molecule has 0 atom stereocenters. The van der Waals surface area contributed by atoms with Gasteiger partial charge in [0.2, 0.25) is 5.91 Å². The molecule has 5 heteroatoms. The Kier molecular flexibility index (Phi) is 5.46. The van der Waals surface area contributed by atoms with Crippen LogP contribution < -0.4 is 14.8 Å². The topological polar surface area (TPSA) is 63.4 Å². The Balaban J connectivity index is 2.02. The second-order valence-corrected chi connectivity index (χ2v) is 6.08. The van der Waals surface area contributed by atoms with Crippen molar-refractivity contribution in [2.45, 2.75) is 20.3 Å². The number of benzene rings is 2. The highest BCUT2D eigenvalue weighted by Crippen LogP contribution is 2.33. The monoisotopic (exact) mass is 352 g/mol. The van der Waals surface area contributed by atoms with Crippen molar-refractivity contribution in [3.05, 3.63) is 48.0 Å². The van der Waals surface area contributed by atoms with E-state index in [0.29, 0.717) is 13.2 Å². The third-order valence-electron chi connectivity index (χ3n) is 4.32. The quantitative estimate of drug-likeness (QED) is 0.677. The van der Waals surface area contributed by atoms with E-state index >= 15 is 0 Å². The van der Waals surface area contributed by atoms with Crippen molar-refractivity contribution in [3.63, 3.8) is 0 Å². The molecule has 0 aliphatic heterocycles. The highest BCUT2D eigenvalue weighted by molar-refractivity contribution is 5.92. The van der Waals surface area contributed by atoms with Crippen molar-refractivity contribution in [1.82, 2.24) is 10.3 Å². The van der Waals surface area contributed by atoms with Gasteiger partial charge in [-0.15, -0.1) is 0 Å². The Morgan fingerprint density at radius 3 is 2.50 bits per heavy atom. The lowest BCUT2D eigenvalue weighted by Crippen LogP contribution is -2.22. The average molecular weight is 352 g/mol. The predicted octanol–water partition coefficient (Wildman–Crippen LogP) is 3.92. The fourth-order valence-electron chi connectivity index (χ4n) is 3.11. The maximum Gasteiger partial charge on any atom is 0.216 e. The summed E-state index contributed by atoms with van der Waals surface area (Å²) in [4.78, 5) is 14.7. The van der Waals surface area contributed by atoms with E-state index in [-0.39, 0.29) is 5.91 Å². The summed E-state index contributed by atoms with van der Waals surface area (Å²) >= 11 is 0. The van der Waals surface area contributed by atoms with Crippen molar-refractivity contribution in [1.29, 1.82) is 0 Å². The van der Waals surface area contributed by atoms with Crippen LogP contribution in [-0.2, 0) is 11.2 Å². The van der Waals surface area contributed by atoms with E-state index in [4.69, 9.17) is 9.47 Å². The van der Waals surface area contributed by atoms with Gasteiger partial charge in [-0.2, -0.15) is 0 Å². The molecule has 0 saturated heterocycles. The first-order valence-electron chi connectivity index (χ1n) is 8.78. The van der Waals surface area contributed by atoms with Crippen LogP contribution in [0.25, 0.3) is 22.2 Å². The molecule has 136 valence electrons. The van der Waals surface area contributed by atoms with Crippen LogP contribution >= 0.6 is 0 Å². The highest BCUT2D eigenvalue weighted by Gasteiger charge is 2.14. The summed E-state index contributed by atoms with van der Waals surface area (Å²) in [6.07, 6.45) is 0.731. The van der Waals surface area contributed by atoms with Crippen LogP contribution in [0.15, 0.2) is 42.5 Å². The van der Waals surface area contributed by atoms with E-state index in [2.05, 4.69) is 22.4 Å². The zero-order valence-electron chi connectivity index (χ0n) is 15.4. The minimum atomic E-state index is -0.0231. The Morgan fingerprint density at radius 1 is 1.12 bits per heavy atom. The number of methoxy groups -OCH3 is 1. The molecule has 5 nitrogen and oxygen atoms in total. The molecule has 3 rings (SSSR count). The van der Waals surface area contributed by atoms with Crippen LogP contribution in [0, 0.1) is 0 Å². The molecule has 3 aromatic rings. The molecule has 0 saturated carbocycles. The van der Waals surface area contributed by atoms with Gasteiger partial charge in [0.05, 0.1) is 13.7 Å². The number of H-pyrrole nitrogens is 1. The molecule has 1 aromatic heterocycles. The second-order valence-electron chi connectivity index (χ2n) is 6.08.